The topological polar surface area (TPSA) is 59.8 Å². The van der Waals surface area contributed by atoms with Crippen LogP contribution >= 0.6 is 23.1 Å². The number of hydrogen-bond acceptors (Lipinski definition) is 5. The lowest BCUT2D eigenvalue weighted by atomic mass is 10.1. The normalized spacial score (nSPS) is 11.9. The summed E-state index contributed by atoms with van der Waals surface area (Å²) in [4.78, 5) is 13.7. The van der Waals surface area contributed by atoms with Crippen molar-refractivity contribution in [2.24, 2.45) is 0 Å². The summed E-state index contributed by atoms with van der Waals surface area (Å²) >= 11 is 2.87. The van der Waals surface area contributed by atoms with Crippen LogP contribution in [0.15, 0.2) is 77.5 Å². The van der Waals surface area contributed by atoms with E-state index in [2.05, 4.69) is 15.5 Å². The Kier molecular flexibility index (Phi) is 6.25. The molecule has 0 aliphatic heterocycles. The van der Waals surface area contributed by atoms with Crippen molar-refractivity contribution in [3.63, 3.8) is 0 Å². The Balaban J connectivity index is 1.47. The van der Waals surface area contributed by atoms with Gasteiger partial charge in [0.05, 0.1) is 17.5 Å². The summed E-state index contributed by atoms with van der Waals surface area (Å²) in [5.74, 6) is -0.253. The zero-order chi connectivity index (χ0) is 20.9. The number of nitrogens with zero attached hydrogens (tertiary/aromatic N) is 3. The van der Waals surface area contributed by atoms with Gasteiger partial charge >= 0.3 is 0 Å². The summed E-state index contributed by atoms with van der Waals surface area (Å²) in [6, 6.07) is 17.7. The number of halogens is 1. The third-order valence-corrected chi connectivity index (χ3v) is 6.44. The average molecular weight is 439 g/mol. The molecule has 2 heterocycles. The largest absolute Gasteiger partial charge is 0.344 e. The van der Waals surface area contributed by atoms with Crippen molar-refractivity contribution in [2.75, 3.05) is 5.75 Å². The van der Waals surface area contributed by atoms with Gasteiger partial charge in [0, 0.05) is 4.88 Å². The van der Waals surface area contributed by atoms with Crippen LogP contribution in [0.5, 0.6) is 0 Å². The van der Waals surface area contributed by atoms with Gasteiger partial charge in [0.25, 0.3) is 0 Å². The molecule has 2 aromatic heterocycles. The fourth-order valence-electron chi connectivity index (χ4n) is 3.08. The Labute approximate surface area is 182 Å². The standard InChI is InChI=1S/C22H19FN4OS2/c1-15-5-2-3-6-18(15)27-14-24-26-22(27)30-13-20(28)25-21(19-7-4-12-29-19)16-8-10-17(23)11-9-16/h2-12,14,21H,13H2,1H3,(H,25,28)/t21-/m1/s1. The van der Waals surface area contributed by atoms with E-state index in [1.54, 1.807) is 29.8 Å². The molecular weight excluding hydrogens is 419 g/mol. The van der Waals surface area contributed by atoms with Gasteiger partial charge in [0.15, 0.2) is 5.16 Å². The van der Waals surface area contributed by atoms with Crippen LogP contribution in [0.4, 0.5) is 4.39 Å². The summed E-state index contributed by atoms with van der Waals surface area (Å²) in [6.45, 7) is 2.02. The molecule has 4 aromatic rings. The molecular formula is C22H19FN4OS2. The Morgan fingerprint density at radius 2 is 1.97 bits per heavy atom. The van der Waals surface area contributed by atoms with Gasteiger partial charge in [0.2, 0.25) is 5.91 Å². The number of amides is 1. The van der Waals surface area contributed by atoms with Crippen LogP contribution in [0, 0.1) is 12.7 Å². The van der Waals surface area contributed by atoms with Crippen LogP contribution in [-0.2, 0) is 4.79 Å². The number of thioether (sulfide) groups is 1. The Morgan fingerprint density at radius 3 is 2.70 bits per heavy atom. The molecule has 0 radical (unpaired) electrons. The first-order valence-corrected chi connectivity index (χ1v) is 11.2. The number of carbonyl (C=O) groups excluding carboxylic acids is 1. The number of aromatic nitrogens is 3. The van der Waals surface area contributed by atoms with E-state index in [-0.39, 0.29) is 23.5 Å². The quantitative estimate of drug-likeness (QED) is 0.422. The molecule has 152 valence electrons. The zero-order valence-corrected chi connectivity index (χ0v) is 17.8. The fraction of sp³-hybridized carbons (Fsp3) is 0.136. The highest BCUT2D eigenvalue weighted by Crippen LogP contribution is 2.27. The van der Waals surface area contributed by atoms with Gasteiger partial charge in [-0.3, -0.25) is 9.36 Å². The van der Waals surface area contributed by atoms with Crippen LogP contribution in [0.3, 0.4) is 0 Å². The van der Waals surface area contributed by atoms with E-state index in [1.807, 2.05) is 53.3 Å². The molecule has 5 nitrogen and oxygen atoms in total. The fourth-order valence-corrected chi connectivity index (χ4v) is 4.62. The van der Waals surface area contributed by atoms with E-state index in [4.69, 9.17) is 0 Å². The van der Waals surface area contributed by atoms with Crippen molar-refractivity contribution in [2.45, 2.75) is 18.1 Å². The van der Waals surface area contributed by atoms with Gasteiger partial charge in [-0.15, -0.1) is 21.5 Å². The van der Waals surface area contributed by atoms with E-state index in [0.717, 1.165) is 21.7 Å². The second-order valence-corrected chi connectivity index (χ2v) is 8.55. The van der Waals surface area contributed by atoms with Gasteiger partial charge < -0.3 is 5.32 Å². The first kappa shape index (κ1) is 20.3. The number of aryl methyl sites for hydroxylation is 1. The molecule has 0 saturated carbocycles. The highest BCUT2D eigenvalue weighted by atomic mass is 32.2. The monoisotopic (exact) mass is 438 g/mol. The minimum atomic E-state index is -0.326. The predicted molar refractivity (Wildman–Crippen MR) is 118 cm³/mol. The van der Waals surface area contributed by atoms with Crippen molar-refractivity contribution in [1.82, 2.24) is 20.1 Å². The van der Waals surface area contributed by atoms with Gasteiger partial charge in [-0.05, 0) is 47.7 Å². The van der Waals surface area contributed by atoms with E-state index in [0.29, 0.717) is 5.16 Å². The van der Waals surface area contributed by atoms with Crippen molar-refractivity contribution < 1.29 is 9.18 Å². The molecule has 2 aromatic carbocycles. The smallest absolute Gasteiger partial charge is 0.231 e. The molecule has 0 spiro atoms. The molecule has 1 atom stereocenters. The van der Waals surface area contributed by atoms with Crippen LogP contribution in [-0.4, -0.2) is 26.4 Å². The molecule has 1 amide bonds. The van der Waals surface area contributed by atoms with Gasteiger partial charge in [-0.25, -0.2) is 4.39 Å². The predicted octanol–water partition coefficient (Wildman–Crippen LogP) is 4.77. The Hall–Kier alpha value is -2.97. The summed E-state index contributed by atoms with van der Waals surface area (Å²) in [6.07, 6.45) is 1.65. The number of nitrogens with one attached hydrogen (secondary N) is 1. The molecule has 0 aliphatic rings. The summed E-state index contributed by atoms with van der Waals surface area (Å²) in [7, 11) is 0. The average Bonchev–Trinajstić information content (AvgIpc) is 3.44. The van der Waals surface area contributed by atoms with Crippen LogP contribution in [0.1, 0.15) is 22.0 Å². The summed E-state index contributed by atoms with van der Waals surface area (Å²) < 4.78 is 15.2. The maximum atomic E-state index is 13.3. The molecule has 8 heteroatoms. The molecule has 0 fully saturated rings. The second-order valence-electron chi connectivity index (χ2n) is 6.63. The van der Waals surface area contributed by atoms with Gasteiger partial charge in [-0.2, -0.15) is 0 Å². The molecule has 0 unspecified atom stereocenters. The lowest BCUT2D eigenvalue weighted by Crippen LogP contribution is -2.30. The number of hydrogen-bond donors (Lipinski definition) is 1. The minimum absolute atomic E-state index is 0.137. The Bertz CT molecular complexity index is 1130. The van der Waals surface area contributed by atoms with Crippen LogP contribution in [0.2, 0.25) is 0 Å². The molecule has 30 heavy (non-hydrogen) atoms. The molecule has 1 N–H and O–H groups in total. The van der Waals surface area contributed by atoms with Crippen LogP contribution < -0.4 is 5.32 Å². The first-order valence-electron chi connectivity index (χ1n) is 9.29. The van der Waals surface area contributed by atoms with Crippen LogP contribution in [0.25, 0.3) is 5.69 Å². The highest BCUT2D eigenvalue weighted by Gasteiger charge is 2.19. The summed E-state index contributed by atoms with van der Waals surface area (Å²) in [5.41, 5.74) is 2.91. The van der Waals surface area contributed by atoms with Gasteiger partial charge in [0.1, 0.15) is 12.1 Å². The number of rotatable bonds is 7. The zero-order valence-electron chi connectivity index (χ0n) is 16.2. The second kappa shape index (κ2) is 9.23. The first-order chi connectivity index (χ1) is 14.6. The third kappa shape index (κ3) is 4.60. The lowest BCUT2D eigenvalue weighted by Gasteiger charge is -2.18. The maximum absolute atomic E-state index is 13.3. The number of carbonyl (C=O) groups is 1. The van der Waals surface area contributed by atoms with E-state index < -0.39 is 0 Å². The third-order valence-electron chi connectivity index (χ3n) is 4.56. The summed E-state index contributed by atoms with van der Waals surface area (Å²) in [5, 5.41) is 13.8. The lowest BCUT2D eigenvalue weighted by molar-refractivity contribution is -0.119. The Morgan fingerprint density at radius 1 is 1.17 bits per heavy atom. The van der Waals surface area contributed by atoms with E-state index >= 15 is 0 Å². The number of para-hydroxylation sites is 1. The van der Waals surface area contributed by atoms with Crippen molar-refractivity contribution >= 4 is 29.0 Å². The van der Waals surface area contributed by atoms with Crippen molar-refractivity contribution in [3.8, 4) is 5.69 Å². The minimum Gasteiger partial charge on any atom is -0.344 e. The van der Waals surface area contributed by atoms with Crippen molar-refractivity contribution in [1.29, 1.82) is 0 Å². The number of benzene rings is 2. The van der Waals surface area contributed by atoms with E-state index in [9.17, 15) is 9.18 Å². The molecule has 0 bridgehead atoms. The maximum Gasteiger partial charge on any atom is 0.231 e. The van der Waals surface area contributed by atoms with Crippen molar-refractivity contribution in [3.05, 3.63) is 94.2 Å². The van der Waals surface area contributed by atoms with E-state index in [1.165, 1.54) is 23.9 Å². The molecule has 4 rings (SSSR count). The van der Waals surface area contributed by atoms with Gasteiger partial charge in [-0.1, -0.05) is 48.2 Å². The SMILES string of the molecule is Cc1ccccc1-n1cnnc1SCC(=O)N[C@H](c1ccc(F)cc1)c1cccs1. The molecule has 0 saturated heterocycles. The highest BCUT2D eigenvalue weighted by molar-refractivity contribution is 7.99. The number of thiophene rings is 1. The molecule has 0 aliphatic carbocycles.